The Balaban J connectivity index is 4.77. The number of rotatable bonds is 6. The first-order valence-corrected chi connectivity index (χ1v) is 4.94. The number of carbonyl (C=O) groups is 2. The molecule has 0 fully saturated rings. The van der Waals surface area contributed by atoms with Gasteiger partial charge in [0.2, 0.25) is 0 Å². The highest BCUT2D eigenvalue weighted by atomic mass is 16.6. The number of nitrogens with zero attached hydrogens (tertiary/aromatic N) is 3. The van der Waals surface area contributed by atoms with E-state index in [2.05, 4.69) is 10.0 Å². The van der Waals surface area contributed by atoms with Crippen molar-refractivity contribution in [1.82, 2.24) is 0 Å². The molecule has 7 heteroatoms. The first kappa shape index (κ1) is 14.2. The van der Waals surface area contributed by atoms with E-state index in [1.54, 1.807) is 13.8 Å². The Morgan fingerprint density at radius 3 is 2.44 bits per heavy atom. The topological polar surface area (TPSA) is 101 Å². The molecule has 0 heterocycles. The van der Waals surface area contributed by atoms with Crippen LogP contribution in [-0.4, -0.2) is 30.7 Å². The third kappa shape index (κ3) is 4.65. The van der Waals surface area contributed by atoms with E-state index >= 15 is 0 Å². The zero-order valence-electron chi connectivity index (χ0n) is 9.54. The lowest BCUT2D eigenvalue weighted by Gasteiger charge is -2.20. The number of azide groups is 1. The van der Waals surface area contributed by atoms with Gasteiger partial charge in [0, 0.05) is 11.8 Å². The van der Waals surface area contributed by atoms with Gasteiger partial charge in [0.25, 0.3) is 0 Å². The molecule has 0 aromatic heterocycles. The number of ether oxygens (including phenoxy) is 2. The van der Waals surface area contributed by atoms with Gasteiger partial charge >= 0.3 is 11.9 Å². The Hall–Kier alpha value is -1.75. The third-order valence-electron chi connectivity index (χ3n) is 1.78. The van der Waals surface area contributed by atoms with Crippen molar-refractivity contribution in [1.29, 1.82) is 0 Å². The highest BCUT2D eigenvalue weighted by molar-refractivity contribution is 5.77. The number of hydrogen-bond donors (Lipinski definition) is 0. The summed E-state index contributed by atoms with van der Waals surface area (Å²) in [6.07, 6.45) is -0.422. The average molecular weight is 229 g/mol. The minimum Gasteiger partial charge on any atom is -0.466 e. The van der Waals surface area contributed by atoms with Crippen LogP contribution in [0.15, 0.2) is 5.11 Å². The van der Waals surface area contributed by atoms with Gasteiger partial charge in [-0.1, -0.05) is 12.0 Å². The molecule has 2 unspecified atom stereocenters. The normalized spacial score (nSPS) is 13.2. The number of esters is 2. The summed E-state index contributed by atoms with van der Waals surface area (Å²) in [6, 6.07) is -1.13. The van der Waals surface area contributed by atoms with Gasteiger partial charge in [-0.05, 0) is 18.9 Å². The molecule has 0 bridgehead atoms. The first-order chi connectivity index (χ1) is 7.56. The largest absolute Gasteiger partial charge is 0.466 e. The lowest BCUT2D eigenvalue weighted by molar-refractivity contribution is -0.155. The second-order valence-corrected chi connectivity index (χ2v) is 2.96. The van der Waals surface area contributed by atoms with Crippen LogP contribution in [0.25, 0.3) is 10.4 Å². The molecule has 7 nitrogen and oxygen atoms in total. The molecule has 0 aliphatic carbocycles. The zero-order chi connectivity index (χ0) is 12.6. The maximum atomic E-state index is 11.4. The molecule has 0 aromatic rings. The van der Waals surface area contributed by atoms with E-state index in [1.807, 2.05) is 0 Å². The van der Waals surface area contributed by atoms with Gasteiger partial charge in [-0.3, -0.25) is 9.59 Å². The third-order valence-corrected chi connectivity index (χ3v) is 1.78. The SMILES string of the molecule is CCOC(=O)C(N=[N+]=[N-])C(CC)OC(C)=O. The summed E-state index contributed by atoms with van der Waals surface area (Å²) in [5.74, 6) is -1.22. The van der Waals surface area contributed by atoms with Crippen molar-refractivity contribution in [3.8, 4) is 0 Å². The van der Waals surface area contributed by atoms with Crippen LogP contribution in [0.2, 0.25) is 0 Å². The predicted octanol–water partition coefficient (Wildman–Crippen LogP) is 1.57. The van der Waals surface area contributed by atoms with Gasteiger partial charge < -0.3 is 9.47 Å². The van der Waals surface area contributed by atoms with Crippen LogP contribution >= 0.6 is 0 Å². The van der Waals surface area contributed by atoms with Crippen LogP contribution in [-0.2, 0) is 19.1 Å². The Labute approximate surface area is 93.3 Å². The van der Waals surface area contributed by atoms with Crippen molar-refractivity contribution in [2.24, 2.45) is 5.11 Å². The molecular weight excluding hydrogens is 214 g/mol. The number of carbonyl (C=O) groups excluding carboxylic acids is 2. The molecule has 0 N–H and O–H groups in total. The lowest BCUT2D eigenvalue weighted by Crippen LogP contribution is -2.36. The fourth-order valence-electron chi connectivity index (χ4n) is 1.14. The van der Waals surface area contributed by atoms with E-state index in [4.69, 9.17) is 15.0 Å². The van der Waals surface area contributed by atoms with Crippen molar-refractivity contribution in [3.63, 3.8) is 0 Å². The highest BCUT2D eigenvalue weighted by Gasteiger charge is 2.29. The van der Waals surface area contributed by atoms with Gasteiger partial charge in [0.1, 0.15) is 6.10 Å². The summed E-state index contributed by atoms with van der Waals surface area (Å²) in [7, 11) is 0. The summed E-state index contributed by atoms with van der Waals surface area (Å²) in [4.78, 5) is 24.8. The summed E-state index contributed by atoms with van der Waals surface area (Å²) in [6.45, 7) is 4.75. The maximum absolute atomic E-state index is 11.4. The molecule has 90 valence electrons. The quantitative estimate of drug-likeness (QED) is 0.298. The van der Waals surface area contributed by atoms with Crippen LogP contribution in [0, 0.1) is 0 Å². The van der Waals surface area contributed by atoms with Crippen molar-refractivity contribution >= 4 is 11.9 Å². The second-order valence-electron chi connectivity index (χ2n) is 2.96. The molecular formula is C9H15N3O4. The van der Waals surface area contributed by atoms with Crippen molar-refractivity contribution in [2.45, 2.75) is 39.3 Å². The Morgan fingerprint density at radius 2 is 2.06 bits per heavy atom. The molecule has 0 saturated heterocycles. The molecule has 0 saturated carbocycles. The van der Waals surface area contributed by atoms with E-state index in [-0.39, 0.29) is 6.61 Å². The molecule has 16 heavy (non-hydrogen) atoms. The fraction of sp³-hybridized carbons (Fsp3) is 0.778. The first-order valence-electron chi connectivity index (χ1n) is 4.94. The van der Waals surface area contributed by atoms with Gasteiger partial charge in [0.15, 0.2) is 6.04 Å². The van der Waals surface area contributed by atoms with Crippen molar-refractivity contribution in [2.75, 3.05) is 6.61 Å². The van der Waals surface area contributed by atoms with Gasteiger partial charge in [-0.2, -0.15) is 0 Å². The van der Waals surface area contributed by atoms with Crippen LogP contribution in [0.3, 0.4) is 0 Å². The second kappa shape index (κ2) is 7.53. The highest BCUT2D eigenvalue weighted by Crippen LogP contribution is 2.11. The smallest absolute Gasteiger partial charge is 0.318 e. The number of hydrogen-bond acceptors (Lipinski definition) is 5. The molecule has 0 aliphatic rings. The van der Waals surface area contributed by atoms with Gasteiger partial charge in [0.05, 0.1) is 6.61 Å². The van der Waals surface area contributed by atoms with Crippen LogP contribution in [0.4, 0.5) is 0 Å². The summed E-state index contributed by atoms with van der Waals surface area (Å²) < 4.78 is 9.60. The molecule has 2 atom stereocenters. The standard InChI is InChI=1S/C9H15N3O4/c1-4-7(16-6(3)13)8(11-12-10)9(14)15-5-2/h7-8H,4-5H2,1-3H3. The Kier molecular flexibility index (Phi) is 6.71. The monoisotopic (exact) mass is 229 g/mol. The lowest BCUT2D eigenvalue weighted by atomic mass is 10.1. The maximum Gasteiger partial charge on any atom is 0.318 e. The Morgan fingerprint density at radius 1 is 1.44 bits per heavy atom. The molecule has 0 aliphatic heterocycles. The zero-order valence-corrected chi connectivity index (χ0v) is 9.54. The average Bonchev–Trinajstić information content (AvgIpc) is 2.23. The van der Waals surface area contributed by atoms with E-state index < -0.39 is 24.1 Å². The van der Waals surface area contributed by atoms with E-state index in [1.165, 1.54) is 6.92 Å². The molecule has 0 amide bonds. The van der Waals surface area contributed by atoms with Gasteiger partial charge in [-0.15, -0.1) is 0 Å². The van der Waals surface area contributed by atoms with Crippen LogP contribution in [0.5, 0.6) is 0 Å². The van der Waals surface area contributed by atoms with Crippen LogP contribution < -0.4 is 0 Å². The minimum atomic E-state index is -1.13. The van der Waals surface area contributed by atoms with Crippen molar-refractivity contribution < 1.29 is 19.1 Å². The summed E-state index contributed by atoms with van der Waals surface area (Å²) >= 11 is 0. The Bertz CT molecular complexity index is 299. The molecule has 0 rings (SSSR count). The van der Waals surface area contributed by atoms with Crippen molar-refractivity contribution in [3.05, 3.63) is 10.4 Å². The molecule has 0 spiro atoms. The summed E-state index contributed by atoms with van der Waals surface area (Å²) in [5, 5.41) is 3.30. The van der Waals surface area contributed by atoms with E-state index in [0.717, 1.165) is 0 Å². The fourth-order valence-corrected chi connectivity index (χ4v) is 1.14. The van der Waals surface area contributed by atoms with Crippen LogP contribution in [0.1, 0.15) is 27.2 Å². The predicted molar refractivity (Wildman–Crippen MR) is 55.4 cm³/mol. The minimum absolute atomic E-state index is 0.173. The van der Waals surface area contributed by atoms with E-state index in [0.29, 0.717) is 6.42 Å². The molecule has 0 radical (unpaired) electrons. The summed E-state index contributed by atoms with van der Waals surface area (Å²) in [5.41, 5.74) is 8.34. The van der Waals surface area contributed by atoms with Gasteiger partial charge in [-0.25, -0.2) is 0 Å². The molecule has 0 aromatic carbocycles. The van der Waals surface area contributed by atoms with E-state index in [9.17, 15) is 9.59 Å².